The molecule has 3 fully saturated rings. The highest BCUT2D eigenvalue weighted by Crippen LogP contribution is 2.36. The van der Waals surface area contributed by atoms with Crippen LogP contribution in [0.3, 0.4) is 0 Å². The molecule has 4 heteroatoms. The Balaban J connectivity index is 1.56. The largest absolute Gasteiger partial charge is 0.335 e. The molecule has 0 spiro atoms. The van der Waals surface area contributed by atoms with Crippen molar-refractivity contribution in [3.8, 4) is 11.3 Å². The Morgan fingerprint density at radius 1 is 0.960 bits per heavy atom. The normalized spacial score (nSPS) is 22.5. The molecule has 1 aliphatic carbocycles. The van der Waals surface area contributed by atoms with Crippen molar-refractivity contribution in [2.24, 2.45) is 5.92 Å². The fraction of sp³-hybridized carbons (Fsp3) is 0.333. The number of hydrogen-bond donors (Lipinski definition) is 0. The van der Waals surface area contributed by atoms with Crippen molar-refractivity contribution in [3.05, 3.63) is 60.3 Å². The number of carbonyl (C=O) groups is 1. The van der Waals surface area contributed by atoms with Gasteiger partial charge in [-0.15, -0.1) is 0 Å². The maximum absolute atomic E-state index is 13.2. The molecule has 126 valence electrons. The Bertz CT molecular complexity index is 923. The van der Waals surface area contributed by atoms with Crippen molar-refractivity contribution in [2.45, 2.75) is 31.7 Å². The van der Waals surface area contributed by atoms with Crippen LogP contribution in [0.4, 0.5) is 0 Å². The van der Waals surface area contributed by atoms with Gasteiger partial charge in [-0.05, 0) is 43.7 Å². The van der Waals surface area contributed by atoms with Crippen LogP contribution >= 0.6 is 0 Å². The summed E-state index contributed by atoms with van der Waals surface area (Å²) in [6.45, 7) is 0.916. The average Bonchev–Trinajstić information content (AvgIpc) is 3.13. The third-order valence-corrected chi connectivity index (χ3v) is 5.82. The van der Waals surface area contributed by atoms with Gasteiger partial charge in [-0.3, -0.25) is 4.79 Å². The van der Waals surface area contributed by atoms with Gasteiger partial charge < -0.3 is 4.90 Å². The fourth-order valence-corrected chi connectivity index (χ4v) is 4.47. The zero-order chi connectivity index (χ0) is 16.8. The standard InChI is InChI=1S/C21H21N3O/c25-21(23-14-15-9-11-17(23)12-10-15)18-13-22-24-19(7-4-8-20(18)24)16-5-2-1-3-6-16/h1-8,13,15,17H,9-12,14H2. The lowest BCUT2D eigenvalue weighted by Gasteiger charge is -2.45. The minimum Gasteiger partial charge on any atom is -0.335 e. The van der Waals surface area contributed by atoms with Gasteiger partial charge in [0.05, 0.1) is 23.0 Å². The van der Waals surface area contributed by atoms with Crippen molar-refractivity contribution < 1.29 is 4.79 Å². The van der Waals surface area contributed by atoms with E-state index in [1.54, 1.807) is 6.20 Å². The van der Waals surface area contributed by atoms with E-state index in [1.807, 2.05) is 40.9 Å². The summed E-state index contributed by atoms with van der Waals surface area (Å²) in [6.07, 6.45) is 6.62. The molecule has 0 radical (unpaired) electrons. The monoisotopic (exact) mass is 331 g/mol. The van der Waals surface area contributed by atoms with Crippen molar-refractivity contribution in [3.63, 3.8) is 0 Å². The van der Waals surface area contributed by atoms with E-state index in [0.29, 0.717) is 12.0 Å². The summed E-state index contributed by atoms with van der Waals surface area (Å²) < 4.78 is 1.89. The summed E-state index contributed by atoms with van der Waals surface area (Å²) in [5.41, 5.74) is 3.74. The first kappa shape index (κ1) is 14.7. The molecule has 1 saturated carbocycles. The van der Waals surface area contributed by atoms with Crippen LogP contribution in [0, 0.1) is 5.92 Å². The lowest BCUT2D eigenvalue weighted by molar-refractivity contribution is 0.0335. The fourth-order valence-electron chi connectivity index (χ4n) is 4.47. The van der Waals surface area contributed by atoms with Crippen molar-refractivity contribution >= 4 is 11.4 Å². The van der Waals surface area contributed by atoms with Crippen molar-refractivity contribution in [2.75, 3.05) is 6.54 Å². The molecular formula is C21H21N3O. The van der Waals surface area contributed by atoms with Gasteiger partial charge in [0.25, 0.3) is 5.91 Å². The molecule has 0 atom stereocenters. The quantitative estimate of drug-likeness (QED) is 0.711. The van der Waals surface area contributed by atoms with Crippen LogP contribution in [0.15, 0.2) is 54.7 Å². The minimum atomic E-state index is 0.148. The molecule has 0 unspecified atom stereocenters. The second kappa shape index (κ2) is 5.73. The summed E-state index contributed by atoms with van der Waals surface area (Å²) >= 11 is 0. The van der Waals surface area contributed by atoms with E-state index in [0.717, 1.165) is 41.7 Å². The van der Waals surface area contributed by atoms with E-state index in [9.17, 15) is 4.79 Å². The summed E-state index contributed by atoms with van der Waals surface area (Å²) in [7, 11) is 0. The van der Waals surface area contributed by atoms with Gasteiger partial charge >= 0.3 is 0 Å². The van der Waals surface area contributed by atoms with Gasteiger partial charge in [-0.1, -0.05) is 36.4 Å². The van der Waals surface area contributed by atoms with Crippen LogP contribution in [0.25, 0.3) is 16.8 Å². The predicted octanol–water partition coefficient (Wildman–Crippen LogP) is 4.02. The lowest BCUT2D eigenvalue weighted by atomic mass is 9.80. The molecule has 2 saturated heterocycles. The lowest BCUT2D eigenvalue weighted by Crippen LogP contribution is -2.50. The molecule has 6 rings (SSSR count). The van der Waals surface area contributed by atoms with E-state index < -0.39 is 0 Å². The number of pyridine rings is 1. The summed E-state index contributed by atoms with van der Waals surface area (Å²) in [6, 6.07) is 16.7. The number of aromatic nitrogens is 2. The first-order valence-electron chi connectivity index (χ1n) is 9.14. The number of piperidine rings is 2. The molecule has 2 bridgehead atoms. The molecule has 0 N–H and O–H groups in total. The van der Waals surface area contributed by atoms with Gasteiger partial charge in [0, 0.05) is 18.2 Å². The van der Waals surface area contributed by atoms with Crippen LogP contribution < -0.4 is 0 Å². The Kier molecular flexibility index (Phi) is 3.37. The highest BCUT2D eigenvalue weighted by Gasteiger charge is 2.37. The first-order valence-corrected chi connectivity index (χ1v) is 9.14. The number of benzene rings is 1. The van der Waals surface area contributed by atoms with E-state index in [-0.39, 0.29) is 5.91 Å². The van der Waals surface area contributed by atoms with Crippen LogP contribution in [0.2, 0.25) is 0 Å². The molecule has 25 heavy (non-hydrogen) atoms. The Labute approximate surface area is 147 Å². The summed E-state index contributed by atoms with van der Waals surface area (Å²) in [4.78, 5) is 15.3. The third kappa shape index (κ3) is 2.36. The molecule has 4 heterocycles. The number of hydrogen-bond acceptors (Lipinski definition) is 2. The van der Waals surface area contributed by atoms with Crippen molar-refractivity contribution in [1.29, 1.82) is 0 Å². The molecule has 4 nitrogen and oxygen atoms in total. The van der Waals surface area contributed by atoms with Crippen molar-refractivity contribution in [1.82, 2.24) is 14.5 Å². The molecule has 3 aromatic rings. The van der Waals surface area contributed by atoms with Crippen LogP contribution in [-0.4, -0.2) is 33.0 Å². The van der Waals surface area contributed by atoms with Gasteiger partial charge in [0.1, 0.15) is 0 Å². The highest BCUT2D eigenvalue weighted by atomic mass is 16.2. The Morgan fingerprint density at radius 2 is 1.76 bits per heavy atom. The Morgan fingerprint density at radius 3 is 2.48 bits per heavy atom. The average molecular weight is 331 g/mol. The topological polar surface area (TPSA) is 37.6 Å². The maximum atomic E-state index is 13.2. The number of rotatable bonds is 2. The molecule has 1 aromatic carbocycles. The van der Waals surface area contributed by atoms with Gasteiger partial charge in [-0.25, -0.2) is 4.52 Å². The van der Waals surface area contributed by atoms with Crippen LogP contribution in [0.1, 0.15) is 36.0 Å². The van der Waals surface area contributed by atoms with Gasteiger partial charge in [0.15, 0.2) is 0 Å². The Hall–Kier alpha value is -2.62. The van der Waals surface area contributed by atoms with E-state index in [4.69, 9.17) is 0 Å². The summed E-state index contributed by atoms with van der Waals surface area (Å²) in [5, 5.41) is 4.54. The predicted molar refractivity (Wildman–Crippen MR) is 97.4 cm³/mol. The van der Waals surface area contributed by atoms with Gasteiger partial charge in [-0.2, -0.15) is 5.10 Å². The smallest absolute Gasteiger partial charge is 0.257 e. The number of amides is 1. The second-order valence-corrected chi connectivity index (χ2v) is 7.26. The second-order valence-electron chi connectivity index (χ2n) is 7.26. The number of nitrogens with zero attached hydrogens (tertiary/aromatic N) is 3. The van der Waals surface area contributed by atoms with E-state index >= 15 is 0 Å². The summed E-state index contributed by atoms with van der Waals surface area (Å²) in [5.74, 6) is 0.838. The van der Waals surface area contributed by atoms with Crippen LogP contribution in [-0.2, 0) is 0 Å². The molecule has 3 aliphatic rings. The minimum absolute atomic E-state index is 0.148. The van der Waals surface area contributed by atoms with Gasteiger partial charge in [0.2, 0.25) is 0 Å². The maximum Gasteiger partial charge on any atom is 0.257 e. The third-order valence-electron chi connectivity index (χ3n) is 5.82. The highest BCUT2D eigenvalue weighted by molar-refractivity contribution is 6.01. The zero-order valence-electron chi connectivity index (χ0n) is 14.1. The molecular weight excluding hydrogens is 310 g/mol. The SMILES string of the molecule is O=C(c1cnn2c(-c3ccccc3)cccc12)N1CC2CCC1CC2. The zero-order valence-corrected chi connectivity index (χ0v) is 14.1. The van der Waals surface area contributed by atoms with E-state index in [1.165, 1.54) is 12.8 Å². The van der Waals surface area contributed by atoms with E-state index in [2.05, 4.69) is 22.1 Å². The molecule has 1 amide bonds. The number of fused-ring (bicyclic) bond motifs is 4. The molecule has 2 aromatic heterocycles. The first-order chi connectivity index (χ1) is 12.3. The molecule has 2 aliphatic heterocycles. The van der Waals surface area contributed by atoms with Crippen LogP contribution in [0.5, 0.6) is 0 Å². The number of carbonyl (C=O) groups excluding carboxylic acids is 1.